The first-order valence-electron chi connectivity index (χ1n) is 3.51. The number of ether oxygens (including phenoxy) is 1. The summed E-state index contributed by atoms with van der Waals surface area (Å²) >= 11 is 0. The molecule has 11 heavy (non-hydrogen) atoms. The first-order chi connectivity index (χ1) is 5.02. The molecule has 0 atom stereocenters. The number of esters is 1. The lowest BCUT2D eigenvalue weighted by Gasteiger charge is -2.26. The van der Waals surface area contributed by atoms with E-state index in [1.807, 2.05) is 14.1 Å². The molecule has 0 radical (unpaired) electrons. The van der Waals surface area contributed by atoms with Crippen molar-refractivity contribution in [3.05, 3.63) is 12.7 Å². The monoisotopic (exact) mass is 158 g/mol. The first-order valence-corrected chi connectivity index (χ1v) is 3.51. The molecule has 0 heterocycles. The van der Waals surface area contributed by atoms with Gasteiger partial charge in [-0.25, -0.2) is 4.79 Å². The maximum absolute atomic E-state index is 10.8. The van der Waals surface area contributed by atoms with Crippen molar-refractivity contribution in [1.82, 2.24) is 0 Å². The number of hydrogen-bond donors (Lipinski definition) is 0. The maximum Gasteiger partial charge on any atom is 0.361 e. The fraction of sp³-hybridized carbons (Fsp3) is 0.625. The summed E-state index contributed by atoms with van der Waals surface area (Å²) in [6, 6.07) is 0. The molecule has 64 valence electrons. The number of carbonyl (C=O) groups is 1. The fourth-order valence-electron chi connectivity index (χ4n) is 0.828. The Morgan fingerprint density at radius 3 is 2.55 bits per heavy atom. The summed E-state index contributed by atoms with van der Waals surface area (Å²) in [6.45, 7) is 4.78. The Hall–Kier alpha value is -0.830. The highest BCUT2D eigenvalue weighted by molar-refractivity contribution is 5.70. The quantitative estimate of drug-likeness (QED) is 0.337. The van der Waals surface area contributed by atoms with Gasteiger partial charge >= 0.3 is 5.97 Å². The van der Waals surface area contributed by atoms with Crippen molar-refractivity contribution in [3.8, 4) is 0 Å². The molecule has 3 nitrogen and oxygen atoms in total. The molecule has 0 bridgehead atoms. The van der Waals surface area contributed by atoms with Gasteiger partial charge in [0, 0.05) is 0 Å². The molecular formula is C8H16NO2+. The Morgan fingerprint density at radius 1 is 1.64 bits per heavy atom. The van der Waals surface area contributed by atoms with Crippen LogP contribution < -0.4 is 0 Å². The van der Waals surface area contributed by atoms with Crippen LogP contribution in [0.15, 0.2) is 12.7 Å². The molecule has 0 spiro atoms. The Morgan fingerprint density at radius 2 is 2.18 bits per heavy atom. The van der Waals surface area contributed by atoms with Crippen molar-refractivity contribution in [2.75, 3.05) is 34.3 Å². The van der Waals surface area contributed by atoms with E-state index in [-0.39, 0.29) is 5.97 Å². The van der Waals surface area contributed by atoms with Crippen LogP contribution in [0.3, 0.4) is 0 Å². The lowest BCUT2D eigenvalue weighted by Crippen LogP contribution is -2.44. The lowest BCUT2D eigenvalue weighted by atomic mass is 10.4. The highest BCUT2D eigenvalue weighted by Crippen LogP contribution is 1.96. The number of carbonyl (C=O) groups excluding carboxylic acids is 1. The number of rotatable bonds is 4. The SMILES string of the molecule is C=CC[N+](C)(C)CC(=O)OC. The standard InChI is InChI=1S/C8H16NO2/c1-5-6-9(2,3)7-8(10)11-4/h5H,1,6-7H2,2-4H3/q+1. The van der Waals surface area contributed by atoms with Crippen LogP contribution in [0.25, 0.3) is 0 Å². The smallest absolute Gasteiger partial charge is 0.361 e. The molecule has 0 saturated carbocycles. The maximum atomic E-state index is 10.8. The predicted molar refractivity (Wildman–Crippen MR) is 44.1 cm³/mol. The molecule has 0 amide bonds. The molecule has 3 heteroatoms. The summed E-state index contributed by atoms with van der Waals surface area (Å²) in [7, 11) is 5.31. The third kappa shape index (κ3) is 4.56. The molecule has 0 rings (SSSR count). The third-order valence-corrected chi connectivity index (χ3v) is 1.41. The normalized spacial score (nSPS) is 10.8. The van der Waals surface area contributed by atoms with E-state index in [1.165, 1.54) is 7.11 Å². The van der Waals surface area contributed by atoms with Crippen LogP contribution in [0.2, 0.25) is 0 Å². The molecule has 0 saturated heterocycles. The second kappa shape index (κ2) is 4.13. The van der Waals surface area contributed by atoms with E-state index in [1.54, 1.807) is 6.08 Å². The molecule has 0 unspecified atom stereocenters. The Labute approximate surface area is 67.8 Å². The summed E-state index contributed by atoms with van der Waals surface area (Å²) in [5, 5.41) is 0. The first kappa shape index (κ1) is 10.2. The number of nitrogens with zero attached hydrogens (tertiary/aromatic N) is 1. The van der Waals surface area contributed by atoms with Gasteiger partial charge in [-0.2, -0.15) is 0 Å². The van der Waals surface area contributed by atoms with E-state index in [4.69, 9.17) is 0 Å². The molecule has 0 fully saturated rings. The van der Waals surface area contributed by atoms with Crippen LogP contribution in [0.4, 0.5) is 0 Å². The molecule has 0 aromatic heterocycles. The minimum Gasteiger partial charge on any atom is -0.465 e. The minimum absolute atomic E-state index is 0.183. The number of methoxy groups -OCH3 is 1. The van der Waals surface area contributed by atoms with Gasteiger partial charge in [0.05, 0.1) is 27.7 Å². The van der Waals surface area contributed by atoms with Gasteiger partial charge in [0.15, 0.2) is 6.54 Å². The van der Waals surface area contributed by atoms with E-state index in [0.29, 0.717) is 11.0 Å². The van der Waals surface area contributed by atoms with Gasteiger partial charge in [-0.1, -0.05) is 6.58 Å². The van der Waals surface area contributed by atoms with Crippen molar-refractivity contribution >= 4 is 5.97 Å². The van der Waals surface area contributed by atoms with Crippen molar-refractivity contribution in [1.29, 1.82) is 0 Å². The highest BCUT2D eigenvalue weighted by atomic mass is 16.5. The van der Waals surface area contributed by atoms with Crippen LogP contribution >= 0.6 is 0 Å². The Kier molecular flexibility index (Phi) is 3.82. The van der Waals surface area contributed by atoms with Crippen LogP contribution in [0.1, 0.15) is 0 Å². The molecule has 0 N–H and O–H groups in total. The summed E-state index contributed by atoms with van der Waals surface area (Å²) in [4.78, 5) is 10.8. The van der Waals surface area contributed by atoms with Crippen molar-refractivity contribution in [3.63, 3.8) is 0 Å². The molecule has 0 aromatic rings. The van der Waals surface area contributed by atoms with Gasteiger partial charge in [0.2, 0.25) is 0 Å². The summed E-state index contributed by atoms with van der Waals surface area (Å²) in [5.74, 6) is -0.183. The summed E-state index contributed by atoms with van der Waals surface area (Å²) in [5.41, 5.74) is 0. The van der Waals surface area contributed by atoms with Gasteiger partial charge in [-0.05, 0) is 6.08 Å². The van der Waals surface area contributed by atoms with E-state index < -0.39 is 0 Å². The lowest BCUT2D eigenvalue weighted by molar-refractivity contribution is -0.877. The minimum atomic E-state index is -0.183. The number of quaternary nitrogens is 1. The largest absolute Gasteiger partial charge is 0.465 e. The number of hydrogen-bond acceptors (Lipinski definition) is 2. The molecular weight excluding hydrogens is 142 g/mol. The van der Waals surface area contributed by atoms with Crippen LogP contribution in [-0.4, -0.2) is 44.7 Å². The van der Waals surface area contributed by atoms with Crippen LogP contribution in [0, 0.1) is 0 Å². The van der Waals surface area contributed by atoms with E-state index in [9.17, 15) is 4.79 Å². The zero-order valence-corrected chi connectivity index (χ0v) is 7.46. The molecule has 0 aromatic carbocycles. The fourth-order valence-corrected chi connectivity index (χ4v) is 0.828. The molecule has 0 aliphatic rings. The van der Waals surface area contributed by atoms with Crippen LogP contribution in [-0.2, 0) is 9.53 Å². The topological polar surface area (TPSA) is 26.3 Å². The van der Waals surface area contributed by atoms with Gasteiger partial charge in [0.25, 0.3) is 0 Å². The highest BCUT2D eigenvalue weighted by Gasteiger charge is 2.18. The van der Waals surface area contributed by atoms with Gasteiger partial charge < -0.3 is 9.22 Å². The van der Waals surface area contributed by atoms with Crippen molar-refractivity contribution < 1.29 is 14.0 Å². The average Bonchev–Trinajstić information content (AvgIpc) is 1.86. The molecule has 0 aliphatic heterocycles. The van der Waals surface area contributed by atoms with Crippen LogP contribution in [0.5, 0.6) is 0 Å². The second-order valence-corrected chi connectivity index (χ2v) is 3.14. The molecule has 0 aliphatic carbocycles. The van der Waals surface area contributed by atoms with E-state index in [2.05, 4.69) is 11.3 Å². The van der Waals surface area contributed by atoms with E-state index >= 15 is 0 Å². The van der Waals surface area contributed by atoms with Crippen molar-refractivity contribution in [2.45, 2.75) is 0 Å². The third-order valence-electron chi connectivity index (χ3n) is 1.41. The zero-order chi connectivity index (χ0) is 8.91. The van der Waals surface area contributed by atoms with Crippen molar-refractivity contribution in [2.24, 2.45) is 0 Å². The van der Waals surface area contributed by atoms with E-state index in [0.717, 1.165) is 6.54 Å². The van der Waals surface area contributed by atoms with Gasteiger partial charge in [-0.3, -0.25) is 0 Å². The Balaban J connectivity index is 3.89. The Bertz CT molecular complexity index is 152. The zero-order valence-electron chi connectivity index (χ0n) is 7.46. The average molecular weight is 158 g/mol. The van der Waals surface area contributed by atoms with Gasteiger partial charge in [-0.15, -0.1) is 0 Å². The van der Waals surface area contributed by atoms with Gasteiger partial charge in [0.1, 0.15) is 0 Å². The predicted octanol–water partition coefficient (Wildman–Crippen LogP) is 0.422. The summed E-state index contributed by atoms with van der Waals surface area (Å²) < 4.78 is 5.14. The second-order valence-electron chi connectivity index (χ2n) is 3.14. The number of likely N-dealkylation sites (N-methyl/N-ethyl adjacent to an activating group) is 1. The summed E-state index contributed by atoms with van der Waals surface area (Å²) in [6.07, 6.45) is 1.79.